The molecular weight excluding hydrogens is 236 g/mol. The van der Waals surface area contributed by atoms with E-state index in [4.69, 9.17) is 5.73 Å². The van der Waals surface area contributed by atoms with Gasteiger partial charge >= 0.3 is 0 Å². The van der Waals surface area contributed by atoms with Gasteiger partial charge in [0.2, 0.25) is 5.91 Å². The Morgan fingerprint density at radius 2 is 2.16 bits per heavy atom. The lowest BCUT2D eigenvalue weighted by molar-refractivity contribution is -0.123. The zero-order chi connectivity index (χ0) is 14.0. The fourth-order valence-electron chi connectivity index (χ4n) is 2.81. The summed E-state index contributed by atoms with van der Waals surface area (Å²) >= 11 is 0. The van der Waals surface area contributed by atoms with Crippen LogP contribution in [0.4, 0.5) is 5.69 Å². The van der Waals surface area contributed by atoms with Crippen molar-refractivity contribution in [2.24, 2.45) is 17.6 Å². The highest BCUT2D eigenvalue weighted by atomic mass is 16.2. The number of hydrogen-bond donors (Lipinski definition) is 1. The van der Waals surface area contributed by atoms with Crippen molar-refractivity contribution in [2.75, 3.05) is 18.0 Å². The van der Waals surface area contributed by atoms with Crippen molar-refractivity contribution in [3.05, 3.63) is 29.3 Å². The minimum atomic E-state index is -0.0766. The number of aryl methyl sites for hydroxylation is 2. The summed E-state index contributed by atoms with van der Waals surface area (Å²) in [4.78, 5) is 14.6. The van der Waals surface area contributed by atoms with E-state index in [2.05, 4.69) is 39.0 Å². The average molecular weight is 260 g/mol. The van der Waals surface area contributed by atoms with Crippen LogP contribution in [0.15, 0.2) is 18.2 Å². The molecule has 0 saturated heterocycles. The van der Waals surface area contributed by atoms with E-state index >= 15 is 0 Å². The molecule has 2 N–H and O–H groups in total. The molecule has 3 nitrogen and oxygen atoms in total. The monoisotopic (exact) mass is 260 g/mol. The second-order valence-electron chi connectivity index (χ2n) is 5.81. The summed E-state index contributed by atoms with van der Waals surface area (Å²) in [7, 11) is 0. The van der Waals surface area contributed by atoms with Crippen molar-refractivity contribution in [1.82, 2.24) is 0 Å². The Morgan fingerprint density at radius 3 is 2.79 bits per heavy atom. The molecule has 3 heteroatoms. The number of amides is 1. The fraction of sp³-hybridized carbons (Fsp3) is 0.562. The molecule has 0 spiro atoms. The largest absolute Gasteiger partial charge is 0.330 e. The van der Waals surface area contributed by atoms with Gasteiger partial charge in [-0.3, -0.25) is 4.79 Å². The first-order chi connectivity index (χ1) is 9.04. The van der Waals surface area contributed by atoms with E-state index in [1.165, 1.54) is 11.1 Å². The van der Waals surface area contributed by atoms with Gasteiger partial charge in [0, 0.05) is 18.8 Å². The third-order valence-corrected chi connectivity index (χ3v) is 4.00. The van der Waals surface area contributed by atoms with Gasteiger partial charge in [-0.1, -0.05) is 31.5 Å². The van der Waals surface area contributed by atoms with Gasteiger partial charge in [-0.05, 0) is 37.3 Å². The number of carbonyl (C=O) groups is 1. The van der Waals surface area contributed by atoms with Crippen molar-refractivity contribution in [1.29, 1.82) is 0 Å². The van der Waals surface area contributed by atoms with Crippen molar-refractivity contribution in [2.45, 2.75) is 33.6 Å². The van der Waals surface area contributed by atoms with E-state index in [-0.39, 0.29) is 17.7 Å². The van der Waals surface area contributed by atoms with E-state index in [9.17, 15) is 4.79 Å². The average Bonchev–Trinajstić information content (AvgIpc) is 2.37. The molecule has 104 valence electrons. The summed E-state index contributed by atoms with van der Waals surface area (Å²) in [6.45, 7) is 7.47. The van der Waals surface area contributed by atoms with Crippen LogP contribution in [0.3, 0.4) is 0 Å². The van der Waals surface area contributed by atoms with Gasteiger partial charge in [0.1, 0.15) is 0 Å². The zero-order valence-corrected chi connectivity index (χ0v) is 12.1. The summed E-state index contributed by atoms with van der Waals surface area (Å²) in [5, 5.41) is 0. The molecular formula is C16H24N2O. The predicted molar refractivity (Wildman–Crippen MR) is 79.2 cm³/mol. The zero-order valence-electron chi connectivity index (χ0n) is 12.1. The first kappa shape index (κ1) is 14.1. The first-order valence-electron chi connectivity index (χ1n) is 7.15. The summed E-state index contributed by atoms with van der Waals surface area (Å²) in [6, 6.07) is 6.36. The molecule has 0 aromatic heterocycles. The van der Waals surface area contributed by atoms with Crippen LogP contribution in [0.25, 0.3) is 0 Å². The molecule has 0 radical (unpaired) electrons. The van der Waals surface area contributed by atoms with Crippen LogP contribution >= 0.6 is 0 Å². The molecule has 2 rings (SSSR count). The second-order valence-corrected chi connectivity index (χ2v) is 5.81. The normalized spacial score (nSPS) is 16.4. The number of anilines is 1. The number of nitrogens with two attached hydrogens (primary N) is 1. The Labute approximate surface area is 115 Å². The van der Waals surface area contributed by atoms with Gasteiger partial charge in [-0.25, -0.2) is 0 Å². The van der Waals surface area contributed by atoms with Gasteiger partial charge in [0.15, 0.2) is 0 Å². The number of benzene rings is 1. The molecule has 0 saturated carbocycles. The molecule has 1 aromatic rings. The van der Waals surface area contributed by atoms with E-state index in [0.29, 0.717) is 6.54 Å². The van der Waals surface area contributed by atoms with Gasteiger partial charge in [-0.2, -0.15) is 0 Å². The highest BCUT2D eigenvalue weighted by Crippen LogP contribution is 2.30. The second kappa shape index (κ2) is 5.74. The van der Waals surface area contributed by atoms with Crippen LogP contribution in [-0.2, 0) is 11.2 Å². The Hall–Kier alpha value is -1.35. The van der Waals surface area contributed by atoms with Crippen molar-refractivity contribution in [3.8, 4) is 0 Å². The third kappa shape index (κ3) is 2.81. The highest BCUT2D eigenvalue weighted by molar-refractivity contribution is 5.96. The quantitative estimate of drug-likeness (QED) is 0.907. The van der Waals surface area contributed by atoms with Gasteiger partial charge in [0.25, 0.3) is 0 Å². The summed E-state index contributed by atoms with van der Waals surface area (Å²) in [5.74, 6) is 0.392. The van der Waals surface area contributed by atoms with Crippen LogP contribution in [-0.4, -0.2) is 19.0 Å². The van der Waals surface area contributed by atoms with Crippen molar-refractivity contribution in [3.63, 3.8) is 0 Å². The fourth-order valence-corrected chi connectivity index (χ4v) is 2.81. The molecule has 1 aliphatic rings. The molecule has 1 atom stereocenters. The maximum Gasteiger partial charge on any atom is 0.231 e. The Morgan fingerprint density at radius 1 is 1.42 bits per heavy atom. The number of carbonyl (C=O) groups excluding carboxylic acids is 1. The van der Waals surface area contributed by atoms with Gasteiger partial charge in [0.05, 0.1) is 5.92 Å². The molecule has 19 heavy (non-hydrogen) atoms. The Kier molecular flexibility index (Phi) is 4.25. The SMILES string of the molecule is Cc1ccc2c(c1)CCCN2C(=O)C(CN)C(C)C. The van der Waals surface area contributed by atoms with Crippen LogP contribution < -0.4 is 10.6 Å². The molecule has 1 amide bonds. The Bertz CT molecular complexity index is 468. The van der Waals surface area contributed by atoms with E-state index in [1.807, 2.05) is 4.90 Å². The van der Waals surface area contributed by atoms with Crippen molar-refractivity contribution >= 4 is 11.6 Å². The van der Waals surface area contributed by atoms with Crippen LogP contribution in [0.2, 0.25) is 0 Å². The van der Waals surface area contributed by atoms with E-state index in [1.54, 1.807) is 0 Å². The molecule has 0 bridgehead atoms. The van der Waals surface area contributed by atoms with Crippen molar-refractivity contribution < 1.29 is 4.79 Å². The number of fused-ring (bicyclic) bond motifs is 1. The first-order valence-corrected chi connectivity index (χ1v) is 7.15. The predicted octanol–water partition coefficient (Wildman–Crippen LogP) is 2.51. The van der Waals surface area contributed by atoms with E-state index < -0.39 is 0 Å². The van der Waals surface area contributed by atoms with Gasteiger partial charge < -0.3 is 10.6 Å². The molecule has 1 aromatic carbocycles. The molecule has 1 heterocycles. The molecule has 1 unspecified atom stereocenters. The Balaban J connectivity index is 2.30. The molecule has 1 aliphatic heterocycles. The minimum absolute atomic E-state index is 0.0766. The lowest BCUT2D eigenvalue weighted by atomic mass is 9.92. The minimum Gasteiger partial charge on any atom is -0.330 e. The summed E-state index contributed by atoms with van der Waals surface area (Å²) in [5.41, 5.74) is 9.41. The number of hydrogen-bond acceptors (Lipinski definition) is 2. The maximum atomic E-state index is 12.7. The standard InChI is InChI=1S/C16H24N2O/c1-11(2)14(10-17)16(19)18-8-4-5-13-9-12(3)6-7-15(13)18/h6-7,9,11,14H,4-5,8,10,17H2,1-3H3. The van der Waals surface area contributed by atoms with Crippen LogP contribution in [0.5, 0.6) is 0 Å². The van der Waals surface area contributed by atoms with E-state index in [0.717, 1.165) is 25.1 Å². The highest BCUT2D eigenvalue weighted by Gasteiger charge is 2.29. The third-order valence-electron chi connectivity index (χ3n) is 4.00. The lowest BCUT2D eigenvalue weighted by Gasteiger charge is -2.33. The summed E-state index contributed by atoms with van der Waals surface area (Å²) in [6.07, 6.45) is 2.10. The number of rotatable bonds is 3. The van der Waals surface area contributed by atoms with Gasteiger partial charge in [-0.15, -0.1) is 0 Å². The molecule has 0 aliphatic carbocycles. The maximum absolute atomic E-state index is 12.7. The summed E-state index contributed by atoms with van der Waals surface area (Å²) < 4.78 is 0. The lowest BCUT2D eigenvalue weighted by Crippen LogP contribution is -2.43. The van der Waals surface area contributed by atoms with Crippen LogP contribution in [0, 0.1) is 18.8 Å². The molecule has 0 fully saturated rings. The smallest absolute Gasteiger partial charge is 0.231 e. The number of nitrogens with zero attached hydrogens (tertiary/aromatic N) is 1. The topological polar surface area (TPSA) is 46.3 Å². The van der Waals surface area contributed by atoms with Crippen LogP contribution in [0.1, 0.15) is 31.4 Å².